The van der Waals surface area contributed by atoms with Crippen LogP contribution in [0.5, 0.6) is 0 Å². The number of likely N-dealkylation sites (tertiary alicyclic amines) is 1. The monoisotopic (exact) mass is 326 g/mol. The van der Waals surface area contributed by atoms with Crippen molar-refractivity contribution in [1.82, 2.24) is 10.2 Å². The van der Waals surface area contributed by atoms with E-state index in [4.69, 9.17) is 10.2 Å². The number of nitrogens with one attached hydrogen (secondary N) is 1. The van der Waals surface area contributed by atoms with Crippen molar-refractivity contribution < 1.29 is 19.8 Å². The van der Waals surface area contributed by atoms with E-state index in [1.54, 1.807) is 0 Å². The van der Waals surface area contributed by atoms with Crippen molar-refractivity contribution >= 4 is 11.9 Å². The number of carboxylic acid groups (broad SMARTS) is 2. The zero-order valence-electron chi connectivity index (χ0n) is 14.6. The Labute approximate surface area is 138 Å². The molecule has 6 nitrogen and oxygen atoms in total. The molecule has 2 rings (SSSR count). The lowest BCUT2D eigenvalue weighted by atomic mass is 9.66. The second-order valence-electron chi connectivity index (χ2n) is 7.97. The van der Waals surface area contributed by atoms with E-state index in [9.17, 15) is 9.59 Å². The maximum atomic E-state index is 9.55. The molecule has 0 radical (unpaired) electrons. The van der Waals surface area contributed by atoms with E-state index in [0.717, 1.165) is 5.92 Å². The van der Waals surface area contributed by atoms with Gasteiger partial charge in [-0.25, -0.2) is 9.59 Å². The first-order valence-corrected chi connectivity index (χ1v) is 8.11. The number of nitrogens with zero attached hydrogens (tertiary/aromatic N) is 1. The molecule has 6 heteroatoms. The van der Waals surface area contributed by atoms with Crippen LogP contribution < -0.4 is 5.32 Å². The Morgan fingerprint density at radius 2 is 1.52 bits per heavy atom. The van der Waals surface area contributed by atoms with Crippen molar-refractivity contribution in [1.29, 1.82) is 0 Å². The molecule has 2 aliphatic rings. The minimum absolute atomic E-state index is 0.514. The number of hydrogen-bond donors (Lipinski definition) is 3. The Bertz CT molecular complexity index is 430. The molecular formula is C17H30N2O4. The van der Waals surface area contributed by atoms with Crippen LogP contribution in [0.25, 0.3) is 0 Å². The van der Waals surface area contributed by atoms with Crippen LogP contribution in [0.2, 0.25) is 0 Å². The Kier molecular flexibility index (Phi) is 6.77. The van der Waals surface area contributed by atoms with E-state index >= 15 is 0 Å². The van der Waals surface area contributed by atoms with Crippen molar-refractivity contribution in [2.75, 3.05) is 32.7 Å². The number of piperidine rings is 2. The molecule has 0 aromatic carbocycles. The number of rotatable bonds is 4. The highest BCUT2D eigenvalue weighted by molar-refractivity contribution is 5.89. The third-order valence-corrected chi connectivity index (χ3v) is 4.16. The van der Waals surface area contributed by atoms with Crippen molar-refractivity contribution in [2.45, 2.75) is 34.1 Å². The molecule has 0 aromatic rings. The molecule has 2 unspecified atom stereocenters. The van der Waals surface area contributed by atoms with Crippen LogP contribution in [0, 0.1) is 16.7 Å². The molecule has 0 spiro atoms. The molecule has 0 aromatic heterocycles. The fourth-order valence-electron chi connectivity index (χ4n) is 3.97. The van der Waals surface area contributed by atoms with Gasteiger partial charge in [0.15, 0.2) is 0 Å². The Hall–Kier alpha value is -1.40. The van der Waals surface area contributed by atoms with E-state index in [0.29, 0.717) is 23.0 Å². The Morgan fingerprint density at radius 1 is 1.09 bits per heavy atom. The average molecular weight is 326 g/mol. The van der Waals surface area contributed by atoms with Gasteiger partial charge in [0.1, 0.15) is 0 Å². The molecule has 0 aliphatic carbocycles. The van der Waals surface area contributed by atoms with Crippen LogP contribution >= 0.6 is 0 Å². The lowest BCUT2D eigenvalue weighted by molar-refractivity contribution is -0.134. The van der Waals surface area contributed by atoms with Gasteiger partial charge >= 0.3 is 11.9 Å². The molecule has 2 aliphatic heterocycles. The van der Waals surface area contributed by atoms with E-state index < -0.39 is 11.9 Å². The molecule has 2 fully saturated rings. The summed E-state index contributed by atoms with van der Waals surface area (Å²) in [5.74, 6) is -1.72. The summed E-state index contributed by atoms with van der Waals surface area (Å²) in [7, 11) is 0. The molecule has 3 N–H and O–H groups in total. The van der Waals surface area contributed by atoms with E-state index in [1.807, 2.05) is 0 Å². The predicted molar refractivity (Wildman–Crippen MR) is 89.4 cm³/mol. The highest BCUT2D eigenvalue weighted by Crippen LogP contribution is 2.42. The summed E-state index contributed by atoms with van der Waals surface area (Å²) < 4.78 is 0. The quantitative estimate of drug-likeness (QED) is 0.681. The van der Waals surface area contributed by atoms with Gasteiger partial charge < -0.3 is 20.4 Å². The van der Waals surface area contributed by atoms with Crippen LogP contribution in [-0.4, -0.2) is 59.8 Å². The van der Waals surface area contributed by atoms with Crippen LogP contribution in [0.1, 0.15) is 34.1 Å². The first-order chi connectivity index (χ1) is 10.5. The smallest absolute Gasteiger partial charge is 0.328 e. The Morgan fingerprint density at radius 3 is 1.87 bits per heavy atom. The highest BCUT2D eigenvalue weighted by Gasteiger charge is 2.45. The average Bonchev–Trinajstić information content (AvgIpc) is 2.33. The summed E-state index contributed by atoms with van der Waals surface area (Å²) >= 11 is 0. The number of carboxylic acids is 2. The zero-order valence-corrected chi connectivity index (χ0v) is 14.6. The van der Waals surface area contributed by atoms with Gasteiger partial charge in [-0.2, -0.15) is 0 Å². The highest BCUT2D eigenvalue weighted by atomic mass is 16.4. The maximum absolute atomic E-state index is 9.55. The summed E-state index contributed by atoms with van der Waals surface area (Å²) in [4.78, 5) is 21.8. The van der Waals surface area contributed by atoms with E-state index in [1.165, 1.54) is 39.1 Å². The van der Waals surface area contributed by atoms with Gasteiger partial charge in [-0.1, -0.05) is 27.7 Å². The summed E-state index contributed by atoms with van der Waals surface area (Å²) in [6.45, 7) is 15.8. The number of carbonyl (C=O) groups is 2. The van der Waals surface area contributed by atoms with Gasteiger partial charge in [0.05, 0.1) is 0 Å². The molecule has 0 amide bonds. The van der Waals surface area contributed by atoms with Crippen molar-refractivity contribution in [3.63, 3.8) is 0 Å². The van der Waals surface area contributed by atoms with Gasteiger partial charge in [0, 0.05) is 44.9 Å². The maximum Gasteiger partial charge on any atom is 0.328 e. The number of hydrogen-bond acceptors (Lipinski definition) is 4. The fraction of sp³-hybridized carbons (Fsp3) is 0.765. The third kappa shape index (κ3) is 7.14. The van der Waals surface area contributed by atoms with Gasteiger partial charge in [-0.05, 0) is 23.2 Å². The van der Waals surface area contributed by atoms with Crippen molar-refractivity contribution in [3.05, 3.63) is 12.2 Å². The summed E-state index contributed by atoms with van der Waals surface area (Å²) in [6.07, 6.45) is 2.52. The summed E-state index contributed by atoms with van der Waals surface area (Å²) in [5.41, 5.74) is 1.03. The zero-order chi connectivity index (χ0) is 17.7. The second kappa shape index (κ2) is 7.93. The van der Waals surface area contributed by atoms with Crippen LogP contribution in [0.3, 0.4) is 0 Å². The number of aliphatic carboxylic acids is 2. The van der Waals surface area contributed by atoms with Crippen LogP contribution in [-0.2, 0) is 9.59 Å². The second-order valence-corrected chi connectivity index (χ2v) is 7.97. The molecule has 0 saturated carbocycles. The first kappa shape index (κ1) is 19.6. The van der Waals surface area contributed by atoms with E-state index in [-0.39, 0.29) is 0 Å². The van der Waals surface area contributed by atoms with Gasteiger partial charge in [0.2, 0.25) is 0 Å². The third-order valence-electron chi connectivity index (χ3n) is 4.16. The Balaban J connectivity index is 0.000000284. The molecule has 2 atom stereocenters. The SMILES string of the molecule is CC(C)CN1CC2(C)CNCC(C)(C1)C2.O=C(O)/C=C/C(=O)O. The molecule has 23 heavy (non-hydrogen) atoms. The molecule has 2 saturated heterocycles. The molecule has 2 bridgehead atoms. The largest absolute Gasteiger partial charge is 0.478 e. The predicted octanol–water partition coefficient (Wildman–Crippen LogP) is 1.68. The van der Waals surface area contributed by atoms with Crippen molar-refractivity contribution in [2.24, 2.45) is 16.7 Å². The number of fused-ring (bicyclic) bond motifs is 2. The van der Waals surface area contributed by atoms with Crippen LogP contribution in [0.15, 0.2) is 12.2 Å². The van der Waals surface area contributed by atoms with Gasteiger partial charge in [-0.15, -0.1) is 0 Å². The molecule has 132 valence electrons. The lowest BCUT2D eigenvalue weighted by Crippen LogP contribution is -2.61. The minimum atomic E-state index is -1.26. The topological polar surface area (TPSA) is 89.9 Å². The standard InChI is InChI=1S/C13H26N2.C4H4O4/c1-11(2)5-15-9-12(3)6-13(4,10-15)8-14-7-12;5-3(6)1-2-4(7)8/h11,14H,5-10H2,1-4H3;1-2H,(H,5,6)(H,7,8)/b;2-1+. The normalized spacial score (nSPS) is 30.8. The summed E-state index contributed by atoms with van der Waals surface area (Å²) in [5, 5.41) is 19.2. The van der Waals surface area contributed by atoms with Crippen LogP contribution in [0.4, 0.5) is 0 Å². The fourth-order valence-corrected chi connectivity index (χ4v) is 3.97. The minimum Gasteiger partial charge on any atom is -0.478 e. The molecular weight excluding hydrogens is 296 g/mol. The van der Waals surface area contributed by atoms with Gasteiger partial charge in [0.25, 0.3) is 0 Å². The summed E-state index contributed by atoms with van der Waals surface area (Å²) in [6, 6.07) is 0. The van der Waals surface area contributed by atoms with Crippen molar-refractivity contribution in [3.8, 4) is 0 Å². The lowest BCUT2D eigenvalue weighted by Gasteiger charge is -2.54. The van der Waals surface area contributed by atoms with E-state index in [2.05, 4.69) is 37.9 Å². The first-order valence-electron chi connectivity index (χ1n) is 8.11. The van der Waals surface area contributed by atoms with Gasteiger partial charge in [-0.3, -0.25) is 0 Å². The molecule has 2 heterocycles.